The summed E-state index contributed by atoms with van der Waals surface area (Å²) in [6, 6.07) is 10.2. The van der Waals surface area contributed by atoms with Gasteiger partial charge in [-0.3, -0.25) is 4.79 Å². The van der Waals surface area contributed by atoms with Crippen molar-refractivity contribution in [2.75, 3.05) is 26.0 Å². The summed E-state index contributed by atoms with van der Waals surface area (Å²) in [6.45, 7) is 3.52. The molecule has 0 atom stereocenters. The van der Waals surface area contributed by atoms with Crippen LogP contribution in [0.15, 0.2) is 47.4 Å². The lowest BCUT2D eigenvalue weighted by Crippen LogP contribution is -2.35. The zero-order chi connectivity index (χ0) is 20.2. The number of sulfonamides is 1. The van der Waals surface area contributed by atoms with Crippen molar-refractivity contribution in [2.24, 2.45) is 0 Å². The Labute approximate surface area is 159 Å². The maximum absolute atomic E-state index is 12.9. The van der Waals surface area contributed by atoms with Gasteiger partial charge in [-0.05, 0) is 47.9 Å². The zero-order valence-corrected chi connectivity index (χ0v) is 16.5. The second-order valence-electron chi connectivity index (χ2n) is 6.38. The number of benzene rings is 2. The molecule has 0 aliphatic carbocycles. The second kappa shape index (κ2) is 8.49. The number of nitrogens with zero attached hydrogens (tertiary/aromatic N) is 1. The molecule has 0 bridgehead atoms. The number of anilines is 1. The molecule has 1 amide bonds. The lowest BCUT2D eigenvalue weighted by atomic mass is 10.0. The molecule has 1 N–H and O–H groups in total. The SMILES string of the molecule is COc1ccc(C(C)C)cc1S(=O)(=O)N(C)CC(=O)Nc1ccc(F)cc1. The molecule has 8 heteroatoms. The van der Waals surface area contributed by atoms with E-state index in [0.29, 0.717) is 5.69 Å². The molecule has 0 spiro atoms. The molecule has 0 saturated heterocycles. The molecule has 0 fully saturated rings. The lowest BCUT2D eigenvalue weighted by Gasteiger charge is -2.20. The average Bonchev–Trinajstić information content (AvgIpc) is 2.62. The number of nitrogens with one attached hydrogen (secondary N) is 1. The zero-order valence-electron chi connectivity index (χ0n) is 15.7. The van der Waals surface area contributed by atoms with E-state index in [1.807, 2.05) is 19.9 Å². The van der Waals surface area contributed by atoms with Crippen LogP contribution in [0.4, 0.5) is 10.1 Å². The Bertz CT molecular complexity index is 912. The fourth-order valence-electron chi connectivity index (χ4n) is 2.44. The van der Waals surface area contributed by atoms with E-state index >= 15 is 0 Å². The van der Waals surface area contributed by atoms with Gasteiger partial charge in [-0.1, -0.05) is 19.9 Å². The number of ether oxygens (including phenoxy) is 1. The molecule has 0 aliphatic rings. The van der Waals surface area contributed by atoms with Gasteiger partial charge >= 0.3 is 0 Å². The van der Waals surface area contributed by atoms with E-state index in [4.69, 9.17) is 4.74 Å². The summed E-state index contributed by atoms with van der Waals surface area (Å²) in [6.07, 6.45) is 0. The number of hydrogen-bond donors (Lipinski definition) is 1. The molecule has 27 heavy (non-hydrogen) atoms. The molecule has 0 heterocycles. The van der Waals surface area contributed by atoms with Crippen molar-refractivity contribution in [1.29, 1.82) is 0 Å². The van der Waals surface area contributed by atoms with Crippen molar-refractivity contribution >= 4 is 21.6 Å². The van der Waals surface area contributed by atoms with Crippen LogP contribution in [0.3, 0.4) is 0 Å². The third kappa shape index (κ3) is 5.05. The van der Waals surface area contributed by atoms with Gasteiger partial charge in [-0.15, -0.1) is 0 Å². The van der Waals surface area contributed by atoms with Gasteiger partial charge in [0.1, 0.15) is 16.5 Å². The maximum atomic E-state index is 12.9. The first kappa shape index (κ1) is 20.9. The highest BCUT2D eigenvalue weighted by Gasteiger charge is 2.27. The number of carbonyl (C=O) groups excluding carboxylic acids is 1. The predicted molar refractivity (Wildman–Crippen MR) is 102 cm³/mol. The van der Waals surface area contributed by atoms with Crippen LogP contribution in [0.25, 0.3) is 0 Å². The largest absolute Gasteiger partial charge is 0.495 e. The Morgan fingerprint density at radius 2 is 1.81 bits per heavy atom. The Hall–Kier alpha value is -2.45. The Balaban J connectivity index is 2.21. The minimum absolute atomic E-state index is 0.00767. The molecule has 0 saturated carbocycles. The summed E-state index contributed by atoms with van der Waals surface area (Å²) < 4.78 is 44.9. The standard InChI is InChI=1S/C19H23FN2O4S/c1-13(2)14-5-10-17(26-4)18(11-14)27(24,25)22(3)12-19(23)21-16-8-6-15(20)7-9-16/h5-11,13H,12H2,1-4H3,(H,21,23). The predicted octanol–water partition coefficient (Wildman–Crippen LogP) is 3.22. The molecular formula is C19H23FN2O4S. The van der Waals surface area contributed by atoms with Gasteiger partial charge in [0.25, 0.3) is 0 Å². The lowest BCUT2D eigenvalue weighted by molar-refractivity contribution is -0.116. The highest BCUT2D eigenvalue weighted by molar-refractivity contribution is 7.89. The van der Waals surface area contributed by atoms with E-state index in [-0.39, 0.29) is 16.6 Å². The first-order chi connectivity index (χ1) is 12.6. The topological polar surface area (TPSA) is 75.7 Å². The first-order valence-electron chi connectivity index (χ1n) is 8.35. The molecular weight excluding hydrogens is 371 g/mol. The van der Waals surface area contributed by atoms with E-state index in [9.17, 15) is 17.6 Å². The minimum Gasteiger partial charge on any atom is -0.495 e. The van der Waals surface area contributed by atoms with Crippen molar-refractivity contribution < 1.29 is 22.3 Å². The number of carbonyl (C=O) groups is 1. The van der Waals surface area contributed by atoms with Gasteiger partial charge in [0.15, 0.2) is 0 Å². The number of methoxy groups -OCH3 is 1. The number of amides is 1. The van der Waals surface area contributed by atoms with Gasteiger partial charge in [-0.2, -0.15) is 4.31 Å². The fraction of sp³-hybridized carbons (Fsp3) is 0.316. The van der Waals surface area contributed by atoms with E-state index in [2.05, 4.69) is 5.32 Å². The summed E-state index contributed by atoms with van der Waals surface area (Å²) in [5.41, 5.74) is 1.23. The van der Waals surface area contributed by atoms with Crippen LogP contribution in [0, 0.1) is 5.82 Å². The molecule has 146 valence electrons. The van der Waals surface area contributed by atoms with Crippen LogP contribution < -0.4 is 10.1 Å². The highest BCUT2D eigenvalue weighted by atomic mass is 32.2. The van der Waals surface area contributed by atoms with Crippen molar-refractivity contribution in [2.45, 2.75) is 24.7 Å². The highest BCUT2D eigenvalue weighted by Crippen LogP contribution is 2.29. The van der Waals surface area contributed by atoms with Crippen molar-refractivity contribution in [1.82, 2.24) is 4.31 Å². The van der Waals surface area contributed by atoms with Gasteiger partial charge in [-0.25, -0.2) is 12.8 Å². The molecule has 2 rings (SSSR count). The molecule has 0 unspecified atom stereocenters. The maximum Gasteiger partial charge on any atom is 0.246 e. The third-order valence-electron chi connectivity index (χ3n) is 4.04. The van der Waals surface area contributed by atoms with Gasteiger partial charge < -0.3 is 10.1 Å². The number of hydrogen-bond acceptors (Lipinski definition) is 4. The minimum atomic E-state index is -3.94. The average molecular weight is 394 g/mol. The quantitative estimate of drug-likeness (QED) is 0.782. The van der Waals surface area contributed by atoms with E-state index < -0.39 is 28.3 Å². The van der Waals surface area contributed by atoms with Gasteiger partial charge in [0.2, 0.25) is 15.9 Å². The third-order valence-corrected chi connectivity index (χ3v) is 5.86. The Kier molecular flexibility index (Phi) is 6.56. The summed E-state index contributed by atoms with van der Waals surface area (Å²) in [7, 11) is -1.23. The Morgan fingerprint density at radius 3 is 2.37 bits per heavy atom. The molecule has 0 radical (unpaired) electrons. The summed E-state index contributed by atoms with van der Waals surface area (Å²) >= 11 is 0. The van der Waals surface area contributed by atoms with Crippen LogP contribution in [0.5, 0.6) is 5.75 Å². The van der Waals surface area contributed by atoms with Gasteiger partial charge in [0, 0.05) is 12.7 Å². The van der Waals surface area contributed by atoms with E-state index in [1.54, 1.807) is 12.1 Å². The second-order valence-corrected chi connectivity index (χ2v) is 8.39. The van der Waals surface area contributed by atoms with Crippen LogP contribution in [-0.2, 0) is 14.8 Å². The van der Waals surface area contributed by atoms with E-state index in [1.165, 1.54) is 38.4 Å². The smallest absolute Gasteiger partial charge is 0.246 e. The summed E-state index contributed by atoms with van der Waals surface area (Å²) in [5.74, 6) is -0.612. The molecule has 6 nitrogen and oxygen atoms in total. The first-order valence-corrected chi connectivity index (χ1v) is 9.79. The number of likely N-dealkylation sites (N-methyl/N-ethyl adjacent to an activating group) is 1. The Morgan fingerprint density at radius 1 is 1.19 bits per heavy atom. The fourth-order valence-corrected chi connectivity index (χ4v) is 3.76. The van der Waals surface area contributed by atoms with Crippen molar-refractivity contribution in [3.05, 3.63) is 53.8 Å². The van der Waals surface area contributed by atoms with Crippen LogP contribution in [0.2, 0.25) is 0 Å². The van der Waals surface area contributed by atoms with Crippen molar-refractivity contribution in [3.63, 3.8) is 0 Å². The monoisotopic (exact) mass is 394 g/mol. The van der Waals surface area contributed by atoms with Crippen molar-refractivity contribution in [3.8, 4) is 5.75 Å². The van der Waals surface area contributed by atoms with Gasteiger partial charge in [0.05, 0.1) is 13.7 Å². The van der Waals surface area contributed by atoms with Crippen LogP contribution in [0.1, 0.15) is 25.3 Å². The number of halogens is 1. The molecule has 0 aliphatic heterocycles. The summed E-state index contributed by atoms with van der Waals surface area (Å²) in [4.78, 5) is 12.2. The van der Waals surface area contributed by atoms with Crippen LogP contribution in [-0.4, -0.2) is 39.3 Å². The van der Waals surface area contributed by atoms with E-state index in [0.717, 1.165) is 9.87 Å². The number of rotatable bonds is 7. The van der Waals surface area contributed by atoms with Crippen LogP contribution >= 0.6 is 0 Å². The normalized spacial score (nSPS) is 11.7. The molecule has 2 aromatic rings. The summed E-state index contributed by atoms with van der Waals surface area (Å²) in [5, 5.41) is 2.54. The molecule has 2 aromatic carbocycles. The molecule has 0 aromatic heterocycles.